The number of carbonyl (C=O) groups excluding carboxylic acids is 1. The van der Waals surface area contributed by atoms with Crippen molar-refractivity contribution >= 4 is 27.3 Å². The van der Waals surface area contributed by atoms with Gasteiger partial charge < -0.3 is 9.32 Å². The Labute approximate surface area is 138 Å². The summed E-state index contributed by atoms with van der Waals surface area (Å²) in [6.07, 6.45) is 2.38. The van der Waals surface area contributed by atoms with Gasteiger partial charge in [-0.05, 0) is 25.0 Å². The van der Waals surface area contributed by atoms with E-state index in [1.54, 1.807) is 29.2 Å². The van der Waals surface area contributed by atoms with Crippen LogP contribution in [0.5, 0.6) is 0 Å². The summed E-state index contributed by atoms with van der Waals surface area (Å²) in [5.74, 6) is -0.111. The molecule has 0 bridgehead atoms. The van der Waals surface area contributed by atoms with Gasteiger partial charge in [0.15, 0.2) is 0 Å². The number of carbonyl (C=O) groups is 1. The van der Waals surface area contributed by atoms with Crippen molar-refractivity contribution in [1.29, 1.82) is 0 Å². The van der Waals surface area contributed by atoms with E-state index in [-0.39, 0.29) is 11.8 Å². The molecule has 1 aromatic heterocycles. The second-order valence-electron chi connectivity index (χ2n) is 5.31. The van der Waals surface area contributed by atoms with Crippen LogP contribution in [0.3, 0.4) is 0 Å². The average molecular weight is 356 g/mol. The lowest BCUT2D eigenvalue weighted by atomic mass is 10.1. The maximum absolute atomic E-state index is 12.7. The van der Waals surface area contributed by atoms with Crippen LogP contribution in [-0.4, -0.2) is 42.2 Å². The second-order valence-corrected chi connectivity index (χ2v) is 7.62. The normalized spacial score (nSPS) is 18.3. The standard InChI is InChI=1S/C14H14ClN3O4S/c1-23(20,21)14-17-16-12(22-14)11-7-4-8-18(11)13(19)9-5-2-3-6-10(9)15/h2-3,5-6,11H,4,7-8H2,1H3/t11-/m0/s1. The fourth-order valence-electron chi connectivity index (χ4n) is 2.56. The van der Waals surface area contributed by atoms with E-state index >= 15 is 0 Å². The SMILES string of the molecule is CS(=O)(=O)c1nnc([C@@H]2CCCN2C(=O)c2ccccc2Cl)o1. The van der Waals surface area contributed by atoms with Crippen LogP contribution in [0.4, 0.5) is 0 Å². The number of sulfone groups is 1. The molecule has 0 aliphatic carbocycles. The minimum atomic E-state index is -3.57. The van der Waals surface area contributed by atoms with Crippen molar-refractivity contribution in [2.24, 2.45) is 0 Å². The summed E-state index contributed by atoms with van der Waals surface area (Å²) in [5, 5.41) is 7.26. The highest BCUT2D eigenvalue weighted by atomic mass is 35.5. The Bertz CT molecular complexity index is 849. The Balaban J connectivity index is 1.90. The average Bonchev–Trinajstić information content (AvgIpc) is 3.15. The van der Waals surface area contributed by atoms with Crippen LogP contribution in [0.2, 0.25) is 5.02 Å². The van der Waals surface area contributed by atoms with Gasteiger partial charge in [0.2, 0.25) is 15.7 Å². The summed E-state index contributed by atoms with van der Waals surface area (Å²) in [6.45, 7) is 0.519. The Morgan fingerprint density at radius 2 is 2.09 bits per heavy atom. The van der Waals surface area contributed by atoms with E-state index in [0.717, 1.165) is 12.7 Å². The summed E-state index contributed by atoms with van der Waals surface area (Å²) in [7, 11) is -3.57. The van der Waals surface area contributed by atoms with Crippen molar-refractivity contribution in [3.8, 4) is 0 Å². The molecule has 3 rings (SSSR count). The van der Waals surface area contributed by atoms with E-state index in [0.29, 0.717) is 23.6 Å². The van der Waals surface area contributed by atoms with Crippen molar-refractivity contribution in [1.82, 2.24) is 15.1 Å². The molecule has 1 aliphatic rings. The quantitative estimate of drug-likeness (QED) is 0.837. The maximum Gasteiger partial charge on any atom is 0.335 e. The molecule has 7 nitrogen and oxygen atoms in total. The number of aromatic nitrogens is 2. The number of benzene rings is 1. The molecule has 0 spiro atoms. The Morgan fingerprint density at radius 1 is 1.35 bits per heavy atom. The third-order valence-electron chi connectivity index (χ3n) is 3.64. The van der Waals surface area contributed by atoms with E-state index in [9.17, 15) is 13.2 Å². The van der Waals surface area contributed by atoms with Crippen LogP contribution in [0, 0.1) is 0 Å². The minimum Gasteiger partial charge on any atom is -0.410 e. The van der Waals surface area contributed by atoms with Gasteiger partial charge >= 0.3 is 5.22 Å². The zero-order valence-electron chi connectivity index (χ0n) is 12.3. The molecule has 1 fully saturated rings. The monoisotopic (exact) mass is 355 g/mol. The molecule has 1 saturated heterocycles. The lowest BCUT2D eigenvalue weighted by molar-refractivity contribution is 0.0712. The van der Waals surface area contributed by atoms with Crippen molar-refractivity contribution in [3.63, 3.8) is 0 Å². The second kappa shape index (κ2) is 5.93. The van der Waals surface area contributed by atoms with Crippen LogP contribution in [0.1, 0.15) is 35.1 Å². The highest BCUT2D eigenvalue weighted by molar-refractivity contribution is 7.90. The van der Waals surface area contributed by atoms with E-state index in [4.69, 9.17) is 16.0 Å². The predicted molar refractivity (Wildman–Crippen MR) is 81.9 cm³/mol. The van der Waals surface area contributed by atoms with Gasteiger partial charge in [0, 0.05) is 12.8 Å². The van der Waals surface area contributed by atoms with Gasteiger partial charge in [-0.2, -0.15) is 0 Å². The largest absolute Gasteiger partial charge is 0.410 e. The number of amides is 1. The van der Waals surface area contributed by atoms with E-state index in [1.807, 2.05) is 0 Å². The van der Waals surface area contributed by atoms with Gasteiger partial charge in [-0.15, -0.1) is 5.10 Å². The van der Waals surface area contributed by atoms with Gasteiger partial charge in [-0.1, -0.05) is 28.8 Å². The zero-order chi connectivity index (χ0) is 16.6. The van der Waals surface area contributed by atoms with E-state index in [2.05, 4.69) is 10.2 Å². The molecule has 1 amide bonds. The lowest BCUT2D eigenvalue weighted by Crippen LogP contribution is -2.31. The van der Waals surface area contributed by atoms with Crippen molar-refractivity contribution < 1.29 is 17.6 Å². The fraction of sp³-hybridized carbons (Fsp3) is 0.357. The maximum atomic E-state index is 12.7. The Kier molecular flexibility index (Phi) is 4.11. The third kappa shape index (κ3) is 3.09. The molecule has 2 aromatic rings. The summed E-state index contributed by atoms with van der Waals surface area (Å²) >= 11 is 6.08. The number of hydrogen-bond donors (Lipinski definition) is 0. The number of nitrogens with zero attached hydrogens (tertiary/aromatic N) is 3. The lowest BCUT2D eigenvalue weighted by Gasteiger charge is -2.22. The van der Waals surface area contributed by atoms with E-state index < -0.39 is 21.1 Å². The van der Waals surface area contributed by atoms with Gasteiger partial charge in [-0.3, -0.25) is 4.79 Å². The zero-order valence-corrected chi connectivity index (χ0v) is 13.8. The number of likely N-dealkylation sites (tertiary alicyclic amines) is 1. The predicted octanol–water partition coefficient (Wildman–Crippen LogP) is 2.10. The molecular formula is C14H14ClN3O4S. The van der Waals surface area contributed by atoms with Gasteiger partial charge in [0.25, 0.3) is 5.91 Å². The molecule has 0 radical (unpaired) electrons. The Hall–Kier alpha value is -1.93. The molecule has 0 saturated carbocycles. The third-order valence-corrected chi connectivity index (χ3v) is 4.77. The summed E-state index contributed by atoms with van der Waals surface area (Å²) < 4.78 is 28.1. The molecule has 23 heavy (non-hydrogen) atoms. The first-order valence-corrected chi connectivity index (χ1v) is 9.24. The van der Waals surface area contributed by atoms with Gasteiger partial charge in [0.05, 0.1) is 10.6 Å². The Morgan fingerprint density at radius 3 is 2.74 bits per heavy atom. The van der Waals surface area contributed by atoms with Crippen molar-refractivity contribution in [2.45, 2.75) is 24.1 Å². The summed E-state index contributed by atoms with van der Waals surface area (Å²) in [6, 6.07) is 6.33. The highest BCUT2D eigenvalue weighted by Gasteiger charge is 2.35. The fourth-order valence-corrected chi connectivity index (χ4v) is 3.20. The van der Waals surface area contributed by atoms with Gasteiger partial charge in [0.1, 0.15) is 6.04 Å². The number of hydrogen-bond acceptors (Lipinski definition) is 6. The van der Waals surface area contributed by atoms with Gasteiger partial charge in [-0.25, -0.2) is 8.42 Å². The van der Waals surface area contributed by atoms with Crippen molar-refractivity contribution in [3.05, 3.63) is 40.7 Å². The number of rotatable bonds is 3. The first-order chi connectivity index (χ1) is 10.9. The molecule has 0 unspecified atom stereocenters. The summed E-state index contributed by atoms with van der Waals surface area (Å²) in [4.78, 5) is 14.3. The number of halogens is 1. The molecule has 1 aliphatic heterocycles. The molecule has 1 atom stereocenters. The smallest absolute Gasteiger partial charge is 0.335 e. The van der Waals surface area contributed by atoms with Crippen LogP contribution in [0.25, 0.3) is 0 Å². The first-order valence-electron chi connectivity index (χ1n) is 6.97. The van der Waals surface area contributed by atoms with Crippen molar-refractivity contribution in [2.75, 3.05) is 12.8 Å². The summed E-state index contributed by atoms with van der Waals surface area (Å²) in [5.41, 5.74) is 0.393. The molecule has 0 N–H and O–H groups in total. The topological polar surface area (TPSA) is 93.4 Å². The van der Waals surface area contributed by atoms with Crippen LogP contribution in [-0.2, 0) is 9.84 Å². The van der Waals surface area contributed by atoms with E-state index in [1.165, 1.54) is 0 Å². The molecule has 1 aromatic carbocycles. The van der Waals surface area contributed by atoms with Crippen LogP contribution >= 0.6 is 11.6 Å². The highest BCUT2D eigenvalue weighted by Crippen LogP contribution is 2.33. The molecule has 2 heterocycles. The minimum absolute atomic E-state index is 0.128. The first kappa shape index (κ1) is 15.9. The van der Waals surface area contributed by atoms with Crippen LogP contribution < -0.4 is 0 Å². The molecule has 9 heteroatoms. The molecule has 122 valence electrons. The van der Waals surface area contributed by atoms with Crippen LogP contribution in [0.15, 0.2) is 33.9 Å². The molecular weight excluding hydrogens is 342 g/mol.